The van der Waals surface area contributed by atoms with E-state index in [9.17, 15) is 32.7 Å². The van der Waals surface area contributed by atoms with Crippen molar-refractivity contribution >= 4 is 46.9 Å². The summed E-state index contributed by atoms with van der Waals surface area (Å²) in [6.07, 6.45) is 1.41. The van der Waals surface area contributed by atoms with Crippen LogP contribution in [0.4, 0.5) is 22.8 Å². The number of rotatable bonds is 10. The Morgan fingerprint density at radius 2 is 1.81 bits per heavy atom. The highest BCUT2D eigenvalue weighted by Crippen LogP contribution is 2.42. The van der Waals surface area contributed by atoms with Crippen LogP contribution in [0.1, 0.15) is 63.6 Å². The van der Waals surface area contributed by atoms with Gasteiger partial charge in [0, 0.05) is 37.7 Å². The van der Waals surface area contributed by atoms with E-state index in [1.54, 1.807) is 43.9 Å². The fourth-order valence-corrected chi connectivity index (χ4v) is 6.92. The number of benzene rings is 2. The number of oxazole rings is 1. The predicted molar refractivity (Wildman–Crippen MR) is 183 cm³/mol. The maximum absolute atomic E-state index is 14.8. The van der Waals surface area contributed by atoms with Gasteiger partial charge in [-0.05, 0) is 70.2 Å². The quantitative estimate of drug-likeness (QED) is 0.164. The largest absolute Gasteiger partial charge is 0.488 e. The average Bonchev–Trinajstić information content (AvgIpc) is 3.81. The average molecular weight is 766 g/mol. The first-order valence-electron chi connectivity index (χ1n) is 16.8. The summed E-state index contributed by atoms with van der Waals surface area (Å²) in [7, 11) is 0. The number of carbonyl (C=O) groups excluding carboxylic acids is 2. The molecule has 0 radical (unpaired) electrons. The van der Waals surface area contributed by atoms with Crippen molar-refractivity contribution in [2.75, 3.05) is 19.7 Å². The lowest BCUT2D eigenvalue weighted by atomic mass is 9.84. The lowest BCUT2D eigenvalue weighted by Gasteiger charge is -2.49. The Labute approximate surface area is 307 Å². The van der Waals surface area contributed by atoms with Crippen LogP contribution in [0.15, 0.2) is 46.6 Å². The van der Waals surface area contributed by atoms with Gasteiger partial charge in [0.05, 0.1) is 40.0 Å². The number of hydrogen-bond donors (Lipinski definition) is 1. The number of ether oxygens (including phenoxy) is 2. The molecule has 1 unspecified atom stereocenters. The molecule has 2 bridgehead atoms. The zero-order valence-electron chi connectivity index (χ0n) is 28.6. The Kier molecular flexibility index (Phi) is 10.7. The summed E-state index contributed by atoms with van der Waals surface area (Å²) >= 11 is 12.8. The second-order valence-corrected chi connectivity index (χ2v) is 14.8. The summed E-state index contributed by atoms with van der Waals surface area (Å²) < 4.78 is 58.3. The molecule has 2 atom stereocenters. The number of aromatic nitrogens is 1. The highest BCUT2D eigenvalue weighted by atomic mass is 35.5. The molecule has 0 spiro atoms. The lowest BCUT2D eigenvalue weighted by Crippen LogP contribution is -2.65. The van der Waals surface area contributed by atoms with Crippen LogP contribution in [0.2, 0.25) is 10.0 Å². The van der Waals surface area contributed by atoms with E-state index in [1.165, 1.54) is 16.1 Å². The van der Waals surface area contributed by atoms with E-state index in [2.05, 4.69) is 4.98 Å². The van der Waals surface area contributed by atoms with Gasteiger partial charge in [0.15, 0.2) is 17.4 Å². The number of fused-ring (bicyclic) bond motifs is 2. The topological polar surface area (TPSA) is 126 Å². The molecular formula is C36H37Cl2F3N4O7. The highest BCUT2D eigenvalue weighted by Gasteiger charge is 2.50. The molecule has 1 saturated carbocycles. The molecule has 16 heteroatoms. The number of aryl methyl sites for hydroxylation is 1. The lowest BCUT2D eigenvalue weighted by molar-refractivity contribution is -0.129. The number of halogens is 5. The van der Waals surface area contributed by atoms with Crippen LogP contribution in [0, 0.1) is 17.5 Å². The number of nitrogens with zero attached hydrogens (tertiary/aromatic N) is 4. The Morgan fingerprint density at radius 1 is 1.08 bits per heavy atom. The summed E-state index contributed by atoms with van der Waals surface area (Å²) in [5, 5.41) is 11.0. The molecule has 1 N–H and O–H groups in total. The van der Waals surface area contributed by atoms with E-state index in [0.717, 1.165) is 18.9 Å². The van der Waals surface area contributed by atoms with E-state index >= 15 is 0 Å². The van der Waals surface area contributed by atoms with Gasteiger partial charge in [-0.3, -0.25) is 9.69 Å². The number of carbonyl (C=O) groups is 3. The molecule has 6 rings (SSSR count). The standard InChI is InChI=1S/C36H37Cl2F3N4O7/c1-36(2,3)52-35(49)43-16-22-14-23(32-42-20(18-51-32)7-5-13-50-31-26(40)12-11-25(39)30(31)41)28(27(17-43)45(22)34(47)48)33(46)44(21-9-10-21)15-19-6-4-8-24(37)29(19)38/h4,6,8,11-12,18,21-22,27H,5,7,9-10,13-17H2,1-3H3,(H,47,48)/t22?,27-/m1/s1. The fourth-order valence-electron chi connectivity index (χ4n) is 6.54. The first-order valence-corrected chi connectivity index (χ1v) is 17.6. The van der Waals surface area contributed by atoms with Crippen LogP contribution in [-0.4, -0.2) is 86.3 Å². The first-order chi connectivity index (χ1) is 24.6. The van der Waals surface area contributed by atoms with Crippen LogP contribution >= 0.6 is 23.2 Å². The van der Waals surface area contributed by atoms with Crippen molar-refractivity contribution in [1.82, 2.24) is 19.7 Å². The molecule has 2 fully saturated rings. The van der Waals surface area contributed by atoms with Crippen molar-refractivity contribution in [3.05, 3.63) is 86.8 Å². The van der Waals surface area contributed by atoms with E-state index < -0.39 is 59.0 Å². The zero-order valence-corrected chi connectivity index (χ0v) is 30.1. The number of piperazine rings is 1. The molecule has 52 heavy (non-hydrogen) atoms. The minimum Gasteiger partial charge on any atom is -0.488 e. The van der Waals surface area contributed by atoms with Gasteiger partial charge in [0.1, 0.15) is 11.9 Å². The zero-order chi connectivity index (χ0) is 37.5. The third-order valence-corrected chi connectivity index (χ3v) is 9.87. The van der Waals surface area contributed by atoms with Gasteiger partial charge in [-0.2, -0.15) is 4.39 Å². The van der Waals surface area contributed by atoms with Crippen LogP contribution in [0.5, 0.6) is 5.75 Å². The summed E-state index contributed by atoms with van der Waals surface area (Å²) in [6, 6.07) is 4.58. The molecule has 3 amide bonds. The summed E-state index contributed by atoms with van der Waals surface area (Å²) in [5.74, 6) is -4.86. The fraction of sp³-hybridized carbons (Fsp3) is 0.444. The van der Waals surface area contributed by atoms with Crippen LogP contribution in [-0.2, 0) is 22.5 Å². The van der Waals surface area contributed by atoms with E-state index in [1.807, 2.05) is 0 Å². The van der Waals surface area contributed by atoms with E-state index in [-0.39, 0.29) is 63.0 Å². The Balaban J connectivity index is 1.33. The van der Waals surface area contributed by atoms with Crippen LogP contribution in [0.25, 0.3) is 5.57 Å². The third kappa shape index (κ3) is 7.97. The van der Waals surface area contributed by atoms with Crippen molar-refractivity contribution in [2.24, 2.45) is 0 Å². The normalized spacial score (nSPS) is 18.8. The van der Waals surface area contributed by atoms with Crippen molar-refractivity contribution < 1.29 is 46.6 Å². The molecule has 3 aliphatic rings. The number of carboxylic acid groups (broad SMARTS) is 1. The third-order valence-electron chi connectivity index (χ3n) is 9.01. The Bertz CT molecular complexity index is 1910. The smallest absolute Gasteiger partial charge is 0.410 e. The van der Waals surface area contributed by atoms with E-state index in [4.69, 9.17) is 37.1 Å². The second kappa shape index (κ2) is 14.9. The first kappa shape index (κ1) is 37.3. The minimum absolute atomic E-state index is 0.000782. The molecule has 1 aromatic heterocycles. The minimum atomic E-state index is -1.42. The van der Waals surface area contributed by atoms with Crippen LogP contribution < -0.4 is 4.74 Å². The van der Waals surface area contributed by atoms with Gasteiger partial charge >= 0.3 is 12.2 Å². The molecule has 1 saturated heterocycles. The van der Waals surface area contributed by atoms with E-state index in [0.29, 0.717) is 32.9 Å². The Hall–Kier alpha value is -4.43. The van der Waals surface area contributed by atoms with Crippen molar-refractivity contribution in [3.63, 3.8) is 0 Å². The van der Waals surface area contributed by atoms with Gasteiger partial charge in [0.2, 0.25) is 11.7 Å². The molecule has 3 aromatic rings. The molecular weight excluding hydrogens is 728 g/mol. The molecule has 3 heterocycles. The van der Waals surface area contributed by atoms with Gasteiger partial charge in [-0.25, -0.2) is 23.4 Å². The summed E-state index contributed by atoms with van der Waals surface area (Å²) in [5.41, 5.74) is 0.747. The number of amides is 3. The summed E-state index contributed by atoms with van der Waals surface area (Å²) in [4.78, 5) is 49.8. The molecule has 278 valence electrons. The monoisotopic (exact) mass is 764 g/mol. The maximum atomic E-state index is 14.8. The molecule has 2 aromatic carbocycles. The van der Waals surface area contributed by atoms with Crippen molar-refractivity contribution in [1.29, 1.82) is 0 Å². The molecule has 11 nitrogen and oxygen atoms in total. The maximum Gasteiger partial charge on any atom is 0.410 e. The summed E-state index contributed by atoms with van der Waals surface area (Å²) in [6.45, 7) is 4.97. The predicted octanol–water partition coefficient (Wildman–Crippen LogP) is 7.73. The van der Waals surface area contributed by atoms with Crippen LogP contribution in [0.3, 0.4) is 0 Å². The molecule has 1 aliphatic carbocycles. The van der Waals surface area contributed by atoms with Gasteiger partial charge in [-0.1, -0.05) is 35.3 Å². The van der Waals surface area contributed by atoms with Gasteiger partial charge in [0.25, 0.3) is 5.91 Å². The molecule has 2 aliphatic heterocycles. The van der Waals surface area contributed by atoms with Crippen molar-refractivity contribution in [2.45, 2.75) is 83.1 Å². The Morgan fingerprint density at radius 3 is 2.50 bits per heavy atom. The number of hydrogen-bond acceptors (Lipinski definition) is 7. The second-order valence-electron chi connectivity index (χ2n) is 14.0. The SMILES string of the molecule is CC(C)(C)OC(=O)N1CC2CC(c3nc(CCCOc4c(F)ccc(F)c4F)co3)=C(C(=O)N(Cc3cccc(Cl)c3Cl)C3CC3)[C@@H](C1)N2C(=O)O. The van der Waals surface area contributed by atoms with Gasteiger partial charge < -0.3 is 28.8 Å². The van der Waals surface area contributed by atoms with Gasteiger partial charge in [-0.15, -0.1) is 0 Å². The van der Waals surface area contributed by atoms with Crippen molar-refractivity contribution in [3.8, 4) is 5.75 Å². The highest BCUT2D eigenvalue weighted by molar-refractivity contribution is 6.42.